The molecule has 6 rings (SSSR count). The van der Waals surface area contributed by atoms with Gasteiger partial charge in [0.1, 0.15) is 0 Å². The van der Waals surface area contributed by atoms with Gasteiger partial charge >= 0.3 is 11.9 Å². The lowest BCUT2D eigenvalue weighted by Gasteiger charge is -2.29. The van der Waals surface area contributed by atoms with Crippen LogP contribution < -0.4 is 32.6 Å². The lowest BCUT2D eigenvalue weighted by atomic mass is 10.0. The van der Waals surface area contributed by atoms with Crippen molar-refractivity contribution in [1.82, 2.24) is 40.3 Å². The van der Waals surface area contributed by atoms with E-state index in [-0.39, 0.29) is 31.7 Å². The van der Waals surface area contributed by atoms with E-state index in [1.807, 2.05) is 45.1 Å². The molecule has 60 heavy (non-hydrogen) atoms. The van der Waals surface area contributed by atoms with E-state index in [9.17, 15) is 19.2 Å². The van der Waals surface area contributed by atoms with Crippen LogP contribution in [0.2, 0.25) is 0 Å². The normalized spacial score (nSPS) is 12.2. The number of aromatic nitrogens is 6. The van der Waals surface area contributed by atoms with Crippen LogP contribution in [0.4, 0.5) is 0 Å². The molecular formula is C45H53N9O6. The molecule has 8 N–H and O–H groups in total. The number of hydrogen-bond acceptors (Lipinski definition) is 8. The highest BCUT2D eigenvalue weighted by molar-refractivity contribution is 5.88. The highest BCUT2D eigenvalue weighted by Crippen LogP contribution is 2.24. The molecular weight excluding hydrogens is 763 g/mol. The Morgan fingerprint density at radius 2 is 1.43 bits per heavy atom. The molecule has 1 atom stereocenters. The van der Waals surface area contributed by atoms with Gasteiger partial charge in [0.2, 0.25) is 5.91 Å². The number of hydrazine groups is 1. The molecule has 1 aliphatic heterocycles. The number of H-pyrrole nitrogens is 5. The smallest absolute Gasteiger partial charge is 0.331 e. The van der Waals surface area contributed by atoms with Crippen molar-refractivity contribution in [1.29, 1.82) is 0 Å². The van der Waals surface area contributed by atoms with Crippen LogP contribution in [0.1, 0.15) is 92.7 Å². The van der Waals surface area contributed by atoms with Gasteiger partial charge in [-0.15, -0.1) is 0 Å². The largest absolute Gasteiger partial charge is 0.467 e. The molecule has 314 valence electrons. The quantitative estimate of drug-likeness (QED) is 0.0635. The molecule has 15 heteroatoms. The number of amides is 2. The third-order valence-electron chi connectivity index (χ3n) is 11.1. The molecule has 8 bridgehead atoms. The topological polar surface area (TPSA) is 220 Å². The Balaban J connectivity index is 1.49. The van der Waals surface area contributed by atoms with Crippen LogP contribution in [0.3, 0.4) is 0 Å². The Hall–Kier alpha value is -6.87. The Morgan fingerprint density at radius 1 is 0.800 bits per heavy atom. The number of nitrogens with one attached hydrogen (secondary N) is 6. The fourth-order valence-corrected chi connectivity index (χ4v) is 7.79. The van der Waals surface area contributed by atoms with Crippen LogP contribution in [0.15, 0.2) is 25.7 Å². The van der Waals surface area contributed by atoms with Crippen molar-refractivity contribution in [3.05, 3.63) is 120 Å². The SMILES string of the molecule is C=Cc1c2[nH]c(c1C)C=c1[nH]c(c(CCC(=O)OCC)c1C)=Cc1[nH]c(c(C)c1CCC(=O)NN(C(=O)CN)[C@@H](Cc1cnc[nH]1)C(=O)OC)C=c1[nH]c(c(C)c1C=C)=C2. The van der Waals surface area contributed by atoms with Crippen LogP contribution >= 0.6 is 0 Å². The van der Waals surface area contributed by atoms with E-state index in [0.29, 0.717) is 18.7 Å². The van der Waals surface area contributed by atoms with Crippen molar-refractivity contribution in [2.45, 2.75) is 72.8 Å². The van der Waals surface area contributed by atoms with Crippen molar-refractivity contribution >= 4 is 60.2 Å². The van der Waals surface area contributed by atoms with Gasteiger partial charge in [-0.25, -0.2) is 14.8 Å². The average molecular weight is 816 g/mol. The number of fused-ring (bicyclic) bond motifs is 8. The highest BCUT2D eigenvalue weighted by atomic mass is 16.5. The van der Waals surface area contributed by atoms with Crippen LogP contribution in [-0.2, 0) is 47.9 Å². The molecule has 5 aromatic rings. The maximum Gasteiger partial charge on any atom is 0.331 e. The Morgan fingerprint density at radius 3 is 2.10 bits per heavy atom. The van der Waals surface area contributed by atoms with E-state index >= 15 is 0 Å². The summed E-state index contributed by atoms with van der Waals surface area (Å²) in [6.07, 6.45) is 15.7. The van der Waals surface area contributed by atoms with Gasteiger partial charge in [-0.1, -0.05) is 25.3 Å². The molecule has 2 amide bonds. The van der Waals surface area contributed by atoms with Crippen LogP contribution in [-0.4, -0.2) is 85.0 Å². The summed E-state index contributed by atoms with van der Waals surface area (Å²) in [6, 6.07) is -1.20. The lowest BCUT2D eigenvalue weighted by Crippen LogP contribution is -2.57. The number of nitrogens with two attached hydrogens (primary N) is 1. The average Bonchev–Trinajstić information content (AvgIpc) is 4.04. The van der Waals surface area contributed by atoms with E-state index in [4.69, 9.17) is 15.2 Å². The van der Waals surface area contributed by atoms with Gasteiger partial charge < -0.3 is 40.1 Å². The number of imidazole rings is 1. The van der Waals surface area contributed by atoms with Gasteiger partial charge in [0.15, 0.2) is 6.04 Å². The number of methoxy groups -OCH3 is 1. The first-order valence-corrected chi connectivity index (χ1v) is 19.9. The van der Waals surface area contributed by atoms with Crippen LogP contribution in [0, 0.1) is 27.7 Å². The summed E-state index contributed by atoms with van der Waals surface area (Å²) < 4.78 is 10.3. The number of ether oxygens (including phenoxy) is 2. The van der Waals surface area contributed by atoms with Gasteiger partial charge in [0.05, 0.1) is 26.6 Å². The fourth-order valence-electron chi connectivity index (χ4n) is 7.79. The summed E-state index contributed by atoms with van der Waals surface area (Å²) in [5.41, 5.74) is 19.9. The molecule has 6 heterocycles. The molecule has 0 saturated heterocycles. The first-order chi connectivity index (χ1) is 28.8. The number of carbonyl (C=O) groups excluding carboxylic acids is 4. The summed E-state index contributed by atoms with van der Waals surface area (Å²) in [5, 5.41) is 4.34. The van der Waals surface area contributed by atoms with Gasteiger partial charge in [0, 0.05) is 86.5 Å². The first kappa shape index (κ1) is 42.7. The van der Waals surface area contributed by atoms with E-state index in [0.717, 1.165) is 93.7 Å². The Labute approximate surface area is 347 Å². The minimum Gasteiger partial charge on any atom is -0.467 e. The van der Waals surface area contributed by atoms with Gasteiger partial charge in [-0.3, -0.25) is 19.8 Å². The van der Waals surface area contributed by atoms with Crippen molar-refractivity contribution in [3.8, 4) is 0 Å². The maximum atomic E-state index is 13.8. The number of nitrogens with zero attached hydrogens (tertiary/aromatic N) is 2. The van der Waals surface area contributed by atoms with E-state index in [2.05, 4.69) is 67.6 Å². The standard InChI is InChI=1S/C45H53N9O6/c1-9-29-24(4)33-17-34-27(7)32(13-15-44(57)60-11-3)40(51-34)20-39-31(26(6)36(52-39)19-38-30(10-2)25(5)35(50-38)18-37(29)49-33)12-14-42(55)53-54(43(56)21-46)41(45(58)59-8)16-28-22-47-23-48-28/h9-10,17-20,22-23,41,49-52H,1-2,11-16,21,46H2,3-8H3,(H,47,48)(H,53,55)/t41-/m0/s1. The minimum absolute atomic E-state index is 0.00567. The number of esters is 2. The molecule has 0 saturated carbocycles. The van der Waals surface area contributed by atoms with E-state index < -0.39 is 30.4 Å². The summed E-state index contributed by atoms with van der Waals surface area (Å²) in [7, 11) is 1.21. The van der Waals surface area contributed by atoms with Gasteiger partial charge in [0.25, 0.3) is 5.91 Å². The first-order valence-electron chi connectivity index (χ1n) is 19.9. The molecule has 0 fully saturated rings. The molecule has 0 radical (unpaired) electrons. The molecule has 5 aromatic heterocycles. The van der Waals surface area contributed by atoms with Crippen LogP contribution in [0.5, 0.6) is 0 Å². The fraction of sp³-hybridized carbons (Fsp3) is 0.311. The molecule has 1 aliphatic rings. The van der Waals surface area contributed by atoms with Crippen molar-refractivity contribution in [3.63, 3.8) is 0 Å². The van der Waals surface area contributed by atoms with Gasteiger partial charge in [-0.05, 0) is 105 Å². The number of carbonyl (C=O) groups is 4. The molecule has 0 aromatic carbocycles. The summed E-state index contributed by atoms with van der Waals surface area (Å²) >= 11 is 0. The zero-order valence-corrected chi connectivity index (χ0v) is 35.0. The van der Waals surface area contributed by atoms with E-state index in [1.54, 1.807) is 6.92 Å². The summed E-state index contributed by atoms with van der Waals surface area (Å²) in [6.45, 7) is 18.0. The molecule has 0 spiro atoms. The summed E-state index contributed by atoms with van der Waals surface area (Å²) in [5.74, 6) is -2.20. The molecule has 0 unspecified atom stereocenters. The lowest BCUT2D eigenvalue weighted by molar-refractivity contribution is -0.157. The minimum atomic E-state index is -1.20. The Kier molecular flexibility index (Phi) is 13.1. The third-order valence-corrected chi connectivity index (χ3v) is 11.1. The van der Waals surface area contributed by atoms with Crippen molar-refractivity contribution in [2.24, 2.45) is 5.73 Å². The van der Waals surface area contributed by atoms with Crippen molar-refractivity contribution in [2.75, 3.05) is 20.3 Å². The van der Waals surface area contributed by atoms with Gasteiger partial charge in [-0.2, -0.15) is 0 Å². The number of hydrogen-bond donors (Lipinski definition) is 7. The van der Waals surface area contributed by atoms with Crippen LogP contribution in [0.25, 0.3) is 36.5 Å². The highest BCUT2D eigenvalue weighted by Gasteiger charge is 2.32. The van der Waals surface area contributed by atoms with E-state index in [1.165, 1.54) is 19.6 Å². The maximum absolute atomic E-state index is 13.8. The third kappa shape index (κ3) is 8.76. The van der Waals surface area contributed by atoms with Crippen molar-refractivity contribution < 1.29 is 28.7 Å². The second kappa shape index (κ2) is 18.4. The number of aromatic amines is 5. The monoisotopic (exact) mass is 815 g/mol. The second-order valence-corrected chi connectivity index (χ2v) is 14.7. The summed E-state index contributed by atoms with van der Waals surface area (Å²) in [4.78, 5) is 73.8. The number of rotatable bonds is 14. The Bertz CT molecular complexity index is 2720. The molecule has 15 nitrogen and oxygen atoms in total. The zero-order valence-electron chi connectivity index (χ0n) is 35.0. The molecule has 0 aliphatic carbocycles. The predicted molar refractivity (Wildman–Crippen MR) is 230 cm³/mol. The second-order valence-electron chi connectivity index (χ2n) is 14.7. The predicted octanol–water partition coefficient (Wildman–Crippen LogP) is 1.90. The zero-order chi connectivity index (χ0) is 43.2.